The van der Waals surface area contributed by atoms with Crippen LogP contribution in [-0.2, 0) is 0 Å². The van der Waals surface area contributed by atoms with E-state index in [0.717, 1.165) is 5.69 Å². The zero-order valence-corrected chi connectivity index (χ0v) is 8.83. The Morgan fingerprint density at radius 3 is 2.38 bits per heavy atom. The van der Waals surface area contributed by atoms with Crippen LogP contribution in [-0.4, -0.2) is 6.34 Å². The molecule has 0 radical (unpaired) electrons. The molecule has 0 fully saturated rings. The van der Waals surface area contributed by atoms with E-state index in [1.54, 1.807) is 0 Å². The normalized spacial score (nSPS) is 9.54. The first-order chi connectivity index (χ1) is 6.25. The van der Waals surface area contributed by atoms with E-state index in [-0.39, 0.29) is 0 Å². The second-order valence-corrected chi connectivity index (χ2v) is 2.50. The molecular formula is C11H18N2. The summed E-state index contributed by atoms with van der Waals surface area (Å²) >= 11 is 0. The molecule has 0 saturated heterocycles. The first kappa shape index (κ1) is 11.7. The smallest absolute Gasteiger partial charge is 0.0860 e. The topological polar surface area (TPSA) is 38.4 Å². The van der Waals surface area contributed by atoms with E-state index in [2.05, 4.69) is 18.0 Å². The third kappa shape index (κ3) is 3.28. The molecule has 0 saturated carbocycles. The Bertz CT molecular complexity index is 277. The summed E-state index contributed by atoms with van der Waals surface area (Å²) < 4.78 is 0. The summed E-state index contributed by atoms with van der Waals surface area (Å²) in [6.07, 6.45) is 1.32. The van der Waals surface area contributed by atoms with E-state index in [4.69, 9.17) is 5.73 Å². The minimum absolute atomic E-state index is 0.951. The van der Waals surface area contributed by atoms with Crippen LogP contribution in [0.1, 0.15) is 25.0 Å². The van der Waals surface area contributed by atoms with E-state index in [0.29, 0.717) is 0 Å². The Labute approximate surface area is 80.5 Å². The van der Waals surface area contributed by atoms with Crippen LogP contribution >= 0.6 is 0 Å². The van der Waals surface area contributed by atoms with Gasteiger partial charge in [-0.2, -0.15) is 0 Å². The molecule has 1 rings (SSSR count). The van der Waals surface area contributed by atoms with E-state index in [1.807, 2.05) is 32.9 Å². The number of rotatable bonds is 1. The maximum atomic E-state index is 5.19. The molecule has 0 spiro atoms. The molecule has 2 nitrogen and oxygen atoms in total. The van der Waals surface area contributed by atoms with Crippen molar-refractivity contribution in [2.75, 3.05) is 0 Å². The van der Waals surface area contributed by atoms with E-state index in [9.17, 15) is 0 Å². The molecule has 0 aliphatic carbocycles. The van der Waals surface area contributed by atoms with Gasteiger partial charge in [0.15, 0.2) is 0 Å². The Kier molecular flexibility index (Phi) is 5.60. The number of benzene rings is 1. The molecule has 72 valence electrons. The summed E-state index contributed by atoms with van der Waals surface area (Å²) in [5.74, 6) is 0. The Morgan fingerprint density at radius 2 is 1.85 bits per heavy atom. The third-order valence-corrected chi connectivity index (χ3v) is 1.79. The van der Waals surface area contributed by atoms with Crippen molar-refractivity contribution < 1.29 is 0 Å². The van der Waals surface area contributed by atoms with Gasteiger partial charge in [0.25, 0.3) is 0 Å². The van der Waals surface area contributed by atoms with Gasteiger partial charge < -0.3 is 5.73 Å². The van der Waals surface area contributed by atoms with Gasteiger partial charge >= 0.3 is 0 Å². The highest BCUT2D eigenvalue weighted by atomic mass is 14.8. The first-order valence-corrected chi connectivity index (χ1v) is 4.56. The zero-order valence-electron chi connectivity index (χ0n) is 8.83. The van der Waals surface area contributed by atoms with Gasteiger partial charge in [0.2, 0.25) is 0 Å². The molecule has 0 amide bonds. The number of nitrogens with zero attached hydrogens (tertiary/aromatic N) is 1. The average Bonchev–Trinajstić information content (AvgIpc) is 2.17. The van der Waals surface area contributed by atoms with Crippen molar-refractivity contribution in [2.45, 2.75) is 27.7 Å². The summed E-state index contributed by atoms with van der Waals surface area (Å²) in [6.45, 7) is 8.10. The summed E-state index contributed by atoms with van der Waals surface area (Å²) in [5.41, 5.74) is 8.57. The largest absolute Gasteiger partial charge is 0.390 e. The van der Waals surface area contributed by atoms with Gasteiger partial charge in [-0.15, -0.1) is 0 Å². The van der Waals surface area contributed by atoms with Crippen molar-refractivity contribution in [2.24, 2.45) is 10.7 Å². The molecule has 0 aliphatic rings. The monoisotopic (exact) mass is 178 g/mol. The lowest BCUT2D eigenvalue weighted by Gasteiger charge is -2.01. The molecule has 0 aliphatic heterocycles. The molecule has 0 bridgehead atoms. The predicted octanol–water partition coefficient (Wildman–Crippen LogP) is 2.95. The highest BCUT2D eigenvalue weighted by molar-refractivity contribution is 5.61. The molecule has 13 heavy (non-hydrogen) atoms. The SMILES string of the molecule is CC.Cc1cccc(N=CN)c1C. The van der Waals surface area contributed by atoms with Crippen LogP contribution in [0.3, 0.4) is 0 Å². The van der Waals surface area contributed by atoms with Crippen LogP contribution in [0.2, 0.25) is 0 Å². The minimum atomic E-state index is 0.951. The van der Waals surface area contributed by atoms with Gasteiger partial charge in [-0.3, -0.25) is 0 Å². The predicted molar refractivity (Wildman–Crippen MR) is 59.6 cm³/mol. The fourth-order valence-electron chi connectivity index (χ4n) is 0.956. The van der Waals surface area contributed by atoms with Crippen LogP contribution in [0.25, 0.3) is 0 Å². The lowest BCUT2D eigenvalue weighted by atomic mass is 10.1. The lowest BCUT2D eigenvalue weighted by Crippen LogP contribution is -1.88. The molecular weight excluding hydrogens is 160 g/mol. The molecule has 2 N–H and O–H groups in total. The second-order valence-electron chi connectivity index (χ2n) is 2.50. The molecule has 0 atom stereocenters. The zero-order chi connectivity index (χ0) is 10.3. The summed E-state index contributed by atoms with van der Waals surface area (Å²) in [7, 11) is 0. The second kappa shape index (κ2) is 6.23. The molecule has 0 aromatic heterocycles. The number of hydrogen-bond donors (Lipinski definition) is 1. The Morgan fingerprint density at radius 1 is 1.23 bits per heavy atom. The molecule has 2 heteroatoms. The Hall–Kier alpha value is -1.31. The highest BCUT2D eigenvalue weighted by Gasteiger charge is 1.95. The molecule has 1 aromatic carbocycles. The quantitative estimate of drug-likeness (QED) is 0.521. The minimum Gasteiger partial charge on any atom is -0.390 e. The maximum absolute atomic E-state index is 5.19. The summed E-state index contributed by atoms with van der Waals surface area (Å²) in [6, 6.07) is 5.99. The molecule has 0 unspecified atom stereocenters. The van der Waals surface area contributed by atoms with Gasteiger partial charge in [-0.1, -0.05) is 26.0 Å². The molecule has 0 heterocycles. The van der Waals surface area contributed by atoms with E-state index >= 15 is 0 Å². The van der Waals surface area contributed by atoms with Crippen LogP contribution in [0.4, 0.5) is 5.69 Å². The van der Waals surface area contributed by atoms with Crippen molar-refractivity contribution in [3.63, 3.8) is 0 Å². The number of nitrogens with two attached hydrogens (primary N) is 1. The van der Waals surface area contributed by atoms with Gasteiger partial charge in [-0.05, 0) is 31.0 Å². The van der Waals surface area contributed by atoms with Crippen molar-refractivity contribution in [1.29, 1.82) is 0 Å². The number of aliphatic imine (C=N–C) groups is 1. The molecule has 1 aromatic rings. The van der Waals surface area contributed by atoms with Crippen molar-refractivity contribution in [3.05, 3.63) is 29.3 Å². The summed E-state index contributed by atoms with van der Waals surface area (Å²) in [4.78, 5) is 4.02. The fourth-order valence-corrected chi connectivity index (χ4v) is 0.956. The highest BCUT2D eigenvalue weighted by Crippen LogP contribution is 2.19. The van der Waals surface area contributed by atoms with Gasteiger partial charge in [0, 0.05) is 0 Å². The van der Waals surface area contributed by atoms with Crippen molar-refractivity contribution in [3.8, 4) is 0 Å². The maximum Gasteiger partial charge on any atom is 0.0860 e. The first-order valence-electron chi connectivity index (χ1n) is 4.56. The number of hydrogen-bond acceptors (Lipinski definition) is 1. The van der Waals surface area contributed by atoms with Crippen LogP contribution < -0.4 is 5.73 Å². The van der Waals surface area contributed by atoms with Gasteiger partial charge in [0.05, 0.1) is 12.0 Å². The van der Waals surface area contributed by atoms with Crippen LogP contribution in [0.5, 0.6) is 0 Å². The fraction of sp³-hybridized carbons (Fsp3) is 0.364. The third-order valence-electron chi connectivity index (χ3n) is 1.79. The van der Waals surface area contributed by atoms with Crippen LogP contribution in [0.15, 0.2) is 23.2 Å². The summed E-state index contributed by atoms with van der Waals surface area (Å²) in [5, 5.41) is 0. The number of aryl methyl sites for hydroxylation is 1. The van der Waals surface area contributed by atoms with Gasteiger partial charge in [-0.25, -0.2) is 4.99 Å². The average molecular weight is 178 g/mol. The van der Waals surface area contributed by atoms with E-state index in [1.165, 1.54) is 17.5 Å². The van der Waals surface area contributed by atoms with Crippen molar-refractivity contribution >= 4 is 12.0 Å². The Balaban J connectivity index is 0.000000671. The lowest BCUT2D eigenvalue weighted by molar-refractivity contribution is 1.31. The van der Waals surface area contributed by atoms with Crippen molar-refractivity contribution in [1.82, 2.24) is 0 Å². The van der Waals surface area contributed by atoms with Crippen LogP contribution in [0, 0.1) is 13.8 Å². The van der Waals surface area contributed by atoms with E-state index < -0.39 is 0 Å². The van der Waals surface area contributed by atoms with Gasteiger partial charge in [0.1, 0.15) is 0 Å². The standard InChI is InChI=1S/C9H12N2.C2H6/c1-7-4-3-5-9(8(7)2)11-6-10;1-2/h3-6H,1-2H3,(H2,10,11);1-2H3.